The monoisotopic (exact) mass is 522 g/mol. The molecule has 1 aromatic carbocycles. The van der Waals surface area contributed by atoms with Crippen molar-refractivity contribution in [3.8, 4) is 5.75 Å². The van der Waals surface area contributed by atoms with Gasteiger partial charge in [0.15, 0.2) is 0 Å². The SMILES string of the molecule is Cc1ccc(CN2CCC3(CC2)CC(CC(=O)N2CCCC2)c2ccccc2O3)o1.O=C(O)C(F)(F)F. The number of carbonyl (C=O) groups is 2. The highest BCUT2D eigenvalue weighted by molar-refractivity contribution is 5.77. The number of rotatable bonds is 4. The Hall–Kier alpha value is -3.01. The lowest BCUT2D eigenvalue weighted by Gasteiger charge is -2.47. The summed E-state index contributed by atoms with van der Waals surface area (Å²) >= 11 is 0. The lowest BCUT2D eigenvalue weighted by Crippen LogP contribution is -2.50. The van der Waals surface area contributed by atoms with Crippen LogP contribution in [0.2, 0.25) is 0 Å². The number of hydrogen-bond acceptors (Lipinski definition) is 5. The Labute approximate surface area is 214 Å². The number of amides is 1. The van der Waals surface area contributed by atoms with E-state index in [0.717, 1.165) is 82.1 Å². The first kappa shape index (κ1) is 27.0. The number of furan rings is 1. The molecular weight excluding hydrogens is 489 g/mol. The minimum atomic E-state index is -5.08. The van der Waals surface area contributed by atoms with Crippen molar-refractivity contribution in [2.75, 3.05) is 26.2 Å². The average molecular weight is 523 g/mol. The van der Waals surface area contributed by atoms with E-state index < -0.39 is 12.1 Å². The molecule has 7 nitrogen and oxygen atoms in total. The van der Waals surface area contributed by atoms with E-state index in [9.17, 15) is 18.0 Å². The van der Waals surface area contributed by atoms with Crippen LogP contribution in [-0.2, 0) is 16.1 Å². The van der Waals surface area contributed by atoms with E-state index in [1.54, 1.807) is 0 Å². The van der Waals surface area contributed by atoms with E-state index >= 15 is 0 Å². The Balaban J connectivity index is 0.000000405. The van der Waals surface area contributed by atoms with Gasteiger partial charge in [-0.15, -0.1) is 0 Å². The number of ether oxygens (including phenoxy) is 1. The summed E-state index contributed by atoms with van der Waals surface area (Å²) in [7, 11) is 0. The molecule has 0 aliphatic carbocycles. The zero-order valence-electron chi connectivity index (χ0n) is 20.9. The van der Waals surface area contributed by atoms with E-state index in [-0.39, 0.29) is 11.5 Å². The van der Waals surface area contributed by atoms with Crippen LogP contribution in [0.3, 0.4) is 0 Å². The summed E-state index contributed by atoms with van der Waals surface area (Å²) < 4.78 is 44.1. The fourth-order valence-corrected chi connectivity index (χ4v) is 5.45. The molecule has 2 fully saturated rings. The first-order chi connectivity index (χ1) is 17.5. The van der Waals surface area contributed by atoms with Crippen LogP contribution in [0.1, 0.15) is 61.5 Å². The molecule has 2 saturated heterocycles. The molecule has 3 aliphatic heterocycles. The highest BCUT2D eigenvalue weighted by Crippen LogP contribution is 2.47. The van der Waals surface area contributed by atoms with Gasteiger partial charge in [0.2, 0.25) is 5.91 Å². The fraction of sp³-hybridized carbons (Fsp3) is 0.556. The van der Waals surface area contributed by atoms with Gasteiger partial charge in [-0.2, -0.15) is 13.2 Å². The number of halogens is 3. The fourth-order valence-electron chi connectivity index (χ4n) is 5.45. The molecule has 0 saturated carbocycles. The smallest absolute Gasteiger partial charge is 0.487 e. The van der Waals surface area contributed by atoms with Crippen molar-refractivity contribution < 1.29 is 37.0 Å². The van der Waals surface area contributed by atoms with Gasteiger partial charge in [-0.3, -0.25) is 9.69 Å². The number of carboxylic acids is 1. The zero-order chi connectivity index (χ0) is 26.6. The van der Waals surface area contributed by atoms with Crippen LogP contribution in [0.5, 0.6) is 5.75 Å². The normalized spacial score (nSPS) is 21.1. The molecule has 1 N–H and O–H groups in total. The molecule has 1 atom stereocenters. The number of aryl methyl sites for hydroxylation is 1. The highest BCUT2D eigenvalue weighted by Gasteiger charge is 2.44. The molecule has 37 heavy (non-hydrogen) atoms. The van der Waals surface area contributed by atoms with Crippen LogP contribution >= 0.6 is 0 Å². The van der Waals surface area contributed by atoms with Gasteiger partial charge in [0.05, 0.1) is 6.54 Å². The van der Waals surface area contributed by atoms with Gasteiger partial charge in [0.25, 0.3) is 0 Å². The van der Waals surface area contributed by atoms with Gasteiger partial charge in [-0.05, 0) is 62.8 Å². The molecular formula is C27H33F3N2O5. The number of likely N-dealkylation sites (tertiary alicyclic amines) is 2. The molecule has 4 heterocycles. The summed E-state index contributed by atoms with van der Waals surface area (Å²) in [5.41, 5.74) is 1.06. The Morgan fingerprint density at radius 2 is 1.70 bits per heavy atom. The third-order valence-corrected chi connectivity index (χ3v) is 7.37. The van der Waals surface area contributed by atoms with Gasteiger partial charge >= 0.3 is 12.1 Å². The topological polar surface area (TPSA) is 83.2 Å². The van der Waals surface area contributed by atoms with Crippen molar-refractivity contribution in [3.63, 3.8) is 0 Å². The van der Waals surface area contributed by atoms with Crippen molar-refractivity contribution in [2.24, 2.45) is 0 Å². The molecule has 1 unspecified atom stereocenters. The quantitative estimate of drug-likeness (QED) is 0.599. The molecule has 0 radical (unpaired) electrons. The zero-order valence-corrected chi connectivity index (χ0v) is 20.9. The van der Waals surface area contributed by atoms with Gasteiger partial charge < -0.3 is 19.2 Å². The summed E-state index contributed by atoms with van der Waals surface area (Å²) in [6.45, 7) is 6.69. The van der Waals surface area contributed by atoms with Crippen LogP contribution in [0, 0.1) is 6.92 Å². The van der Waals surface area contributed by atoms with Crippen LogP contribution < -0.4 is 4.74 Å². The van der Waals surface area contributed by atoms with Gasteiger partial charge in [-0.1, -0.05) is 18.2 Å². The predicted octanol–water partition coefficient (Wildman–Crippen LogP) is 5.13. The Bertz CT molecular complexity index is 1090. The van der Waals surface area contributed by atoms with Gasteiger partial charge in [-0.25, -0.2) is 4.79 Å². The first-order valence-electron chi connectivity index (χ1n) is 12.7. The first-order valence-corrected chi connectivity index (χ1v) is 12.7. The third-order valence-electron chi connectivity index (χ3n) is 7.37. The third kappa shape index (κ3) is 6.85. The van der Waals surface area contributed by atoms with Crippen LogP contribution in [0.15, 0.2) is 40.8 Å². The van der Waals surface area contributed by atoms with Gasteiger partial charge in [0.1, 0.15) is 22.9 Å². The van der Waals surface area contributed by atoms with Crippen molar-refractivity contribution in [2.45, 2.75) is 69.7 Å². The van der Waals surface area contributed by atoms with Crippen LogP contribution in [0.4, 0.5) is 13.2 Å². The second-order valence-corrected chi connectivity index (χ2v) is 10.1. The van der Waals surface area contributed by atoms with Crippen molar-refractivity contribution in [1.82, 2.24) is 9.80 Å². The van der Waals surface area contributed by atoms with E-state index in [0.29, 0.717) is 12.3 Å². The van der Waals surface area contributed by atoms with E-state index in [2.05, 4.69) is 34.1 Å². The minimum absolute atomic E-state index is 0.153. The van der Waals surface area contributed by atoms with Crippen molar-refractivity contribution >= 4 is 11.9 Å². The van der Waals surface area contributed by atoms with Crippen molar-refractivity contribution in [1.29, 1.82) is 0 Å². The average Bonchev–Trinajstić information content (AvgIpc) is 3.53. The maximum Gasteiger partial charge on any atom is 0.490 e. The second kappa shape index (κ2) is 11.2. The van der Waals surface area contributed by atoms with Crippen LogP contribution in [0.25, 0.3) is 0 Å². The number of piperidine rings is 1. The number of alkyl halides is 3. The summed E-state index contributed by atoms with van der Waals surface area (Å²) in [4.78, 5) is 26.3. The number of carbonyl (C=O) groups excluding carboxylic acids is 1. The van der Waals surface area contributed by atoms with Crippen LogP contribution in [-0.4, -0.2) is 64.7 Å². The number of aliphatic carboxylic acids is 1. The summed E-state index contributed by atoms with van der Waals surface area (Å²) in [6.07, 6.45) is 0.746. The molecule has 2 aromatic rings. The molecule has 0 bridgehead atoms. The molecule has 3 aliphatic rings. The number of carboxylic acid groups (broad SMARTS) is 1. The Morgan fingerprint density at radius 3 is 2.30 bits per heavy atom. The second-order valence-electron chi connectivity index (χ2n) is 10.1. The molecule has 202 valence electrons. The maximum absolute atomic E-state index is 12.9. The standard InChI is InChI=1S/C25H32N2O3.C2HF3O2/c1-19-8-9-21(29-19)18-26-14-10-25(11-15-26)17-20(16-24(28)27-12-4-5-13-27)22-6-2-3-7-23(22)30-25;3-2(4,5)1(6)7/h2-3,6-9,20H,4-5,10-18H2,1H3;(H,6,7). The number of para-hydroxylation sites is 1. The summed E-state index contributed by atoms with van der Waals surface area (Å²) in [5, 5.41) is 7.12. The number of nitrogens with zero attached hydrogens (tertiary/aromatic N) is 2. The molecule has 1 aromatic heterocycles. The lowest BCUT2D eigenvalue weighted by atomic mass is 9.76. The predicted molar refractivity (Wildman–Crippen MR) is 129 cm³/mol. The lowest BCUT2D eigenvalue weighted by molar-refractivity contribution is -0.192. The number of fused-ring (bicyclic) bond motifs is 1. The Morgan fingerprint density at radius 1 is 1.05 bits per heavy atom. The van der Waals surface area contributed by atoms with E-state index in [1.807, 2.05) is 19.1 Å². The number of benzene rings is 1. The molecule has 5 rings (SSSR count). The summed E-state index contributed by atoms with van der Waals surface area (Å²) in [6, 6.07) is 12.5. The van der Waals surface area contributed by atoms with E-state index in [1.165, 1.54) is 5.56 Å². The van der Waals surface area contributed by atoms with Gasteiger partial charge in [0, 0.05) is 38.5 Å². The van der Waals surface area contributed by atoms with E-state index in [4.69, 9.17) is 19.1 Å². The maximum atomic E-state index is 12.9. The summed E-state index contributed by atoms with van der Waals surface area (Å²) in [5.74, 6) is 0.798. The van der Waals surface area contributed by atoms with Crippen molar-refractivity contribution in [3.05, 3.63) is 53.5 Å². The molecule has 1 amide bonds. The molecule has 10 heteroatoms. The largest absolute Gasteiger partial charge is 0.490 e. The highest BCUT2D eigenvalue weighted by atomic mass is 19.4. The Kier molecular flexibility index (Phi) is 8.16. The minimum Gasteiger partial charge on any atom is -0.487 e. The number of hydrogen-bond donors (Lipinski definition) is 1. The molecule has 1 spiro atoms.